The minimum atomic E-state index is 0.145. The van der Waals surface area contributed by atoms with E-state index in [1.807, 2.05) is 24.8 Å². The van der Waals surface area contributed by atoms with Gasteiger partial charge in [-0.25, -0.2) is 0 Å². The van der Waals surface area contributed by atoms with Crippen molar-refractivity contribution in [1.82, 2.24) is 25.2 Å². The van der Waals surface area contributed by atoms with E-state index in [0.717, 1.165) is 25.2 Å². The fourth-order valence-corrected chi connectivity index (χ4v) is 2.71. The predicted octanol–water partition coefficient (Wildman–Crippen LogP) is 1.86. The Morgan fingerprint density at radius 3 is 3.09 bits per heavy atom. The molecule has 7 nitrogen and oxygen atoms in total. The topological polar surface area (TPSA) is 87.9 Å². The Balaban J connectivity index is 1.50. The van der Waals surface area contributed by atoms with Crippen molar-refractivity contribution in [1.29, 1.82) is 0 Å². The zero-order chi connectivity index (χ0) is 15.5. The summed E-state index contributed by atoms with van der Waals surface area (Å²) in [5, 5.41) is 10.9. The number of H-pyrrole nitrogens is 1. The van der Waals surface area contributed by atoms with Crippen LogP contribution in [0.5, 0.6) is 0 Å². The number of rotatable bonds is 5. The number of aryl methyl sites for hydroxylation is 1. The quantitative estimate of drug-likeness (QED) is 0.911. The highest BCUT2D eigenvalue weighted by Crippen LogP contribution is 2.26. The van der Waals surface area contributed by atoms with Crippen LogP contribution in [-0.2, 0) is 11.2 Å². The number of hydrogen-bond donors (Lipinski definition) is 1. The SMILES string of the molecule is CC(C)c1noc(CCC(=O)N2CC[C@H](c3ccn[nH]3)C2)n1. The van der Waals surface area contributed by atoms with Crippen LogP contribution in [0.15, 0.2) is 16.8 Å². The minimum Gasteiger partial charge on any atom is -0.342 e. The number of carbonyl (C=O) groups excluding carboxylic acids is 1. The molecule has 0 aromatic carbocycles. The van der Waals surface area contributed by atoms with E-state index in [4.69, 9.17) is 4.52 Å². The number of carbonyl (C=O) groups is 1. The van der Waals surface area contributed by atoms with Gasteiger partial charge in [0.25, 0.3) is 0 Å². The van der Waals surface area contributed by atoms with Crippen LogP contribution in [0.4, 0.5) is 0 Å². The predicted molar refractivity (Wildman–Crippen MR) is 79.2 cm³/mol. The first-order valence-electron chi connectivity index (χ1n) is 7.73. The Hall–Kier alpha value is -2.18. The van der Waals surface area contributed by atoms with Crippen molar-refractivity contribution in [3.63, 3.8) is 0 Å². The molecule has 1 amide bonds. The fourth-order valence-electron chi connectivity index (χ4n) is 2.71. The first kappa shape index (κ1) is 14.7. The molecule has 22 heavy (non-hydrogen) atoms. The highest BCUT2D eigenvalue weighted by Gasteiger charge is 2.28. The van der Waals surface area contributed by atoms with Gasteiger partial charge in [0.1, 0.15) is 0 Å². The van der Waals surface area contributed by atoms with Crippen molar-refractivity contribution in [3.05, 3.63) is 29.7 Å². The summed E-state index contributed by atoms with van der Waals surface area (Å²) in [5.74, 6) is 1.99. The van der Waals surface area contributed by atoms with Crippen molar-refractivity contribution in [2.24, 2.45) is 0 Å². The van der Waals surface area contributed by atoms with Gasteiger partial charge in [-0.15, -0.1) is 0 Å². The van der Waals surface area contributed by atoms with Crippen molar-refractivity contribution >= 4 is 5.91 Å². The summed E-state index contributed by atoms with van der Waals surface area (Å²) >= 11 is 0. The molecule has 3 heterocycles. The summed E-state index contributed by atoms with van der Waals surface area (Å²) in [5.41, 5.74) is 1.11. The van der Waals surface area contributed by atoms with E-state index in [1.165, 1.54) is 0 Å². The van der Waals surface area contributed by atoms with Gasteiger partial charge in [-0.3, -0.25) is 9.89 Å². The lowest BCUT2D eigenvalue weighted by atomic mass is 10.1. The molecular weight excluding hydrogens is 282 g/mol. The Bertz CT molecular complexity index is 620. The van der Waals surface area contributed by atoms with Crippen LogP contribution in [-0.4, -0.2) is 44.2 Å². The molecule has 1 N–H and O–H groups in total. The molecule has 0 unspecified atom stereocenters. The maximum atomic E-state index is 12.3. The van der Waals surface area contributed by atoms with Gasteiger partial charge in [0, 0.05) is 49.7 Å². The Kier molecular flexibility index (Phi) is 4.22. The molecule has 1 atom stereocenters. The van der Waals surface area contributed by atoms with E-state index in [-0.39, 0.29) is 11.8 Å². The molecule has 1 saturated heterocycles. The van der Waals surface area contributed by atoms with Crippen molar-refractivity contribution in [3.8, 4) is 0 Å². The van der Waals surface area contributed by atoms with Gasteiger partial charge >= 0.3 is 0 Å². The molecule has 0 aliphatic carbocycles. The third-order valence-electron chi connectivity index (χ3n) is 4.06. The zero-order valence-corrected chi connectivity index (χ0v) is 13.0. The first-order valence-corrected chi connectivity index (χ1v) is 7.73. The number of nitrogens with one attached hydrogen (secondary N) is 1. The van der Waals surface area contributed by atoms with Crippen LogP contribution in [0.3, 0.4) is 0 Å². The van der Waals surface area contributed by atoms with E-state index in [0.29, 0.717) is 30.5 Å². The molecule has 118 valence electrons. The summed E-state index contributed by atoms with van der Waals surface area (Å²) in [7, 11) is 0. The van der Waals surface area contributed by atoms with Gasteiger partial charge in [0.05, 0.1) is 0 Å². The molecule has 7 heteroatoms. The number of amides is 1. The molecule has 0 saturated carbocycles. The monoisotopic (exact) mass is 303 g/mol. The summed E-state index contributed by atoms with van der Waals surface area (Å²) < 4.78 is 5.17. The molecule has 1 aliphatic heterocycles. The second kappa shape index (κ2) is 6.29. The largest absolute Gasteiger partial charge is 0.342 e. The van der Waals surface area contributed by atoms with Gasteiger partial charge in [-0.05, 0) is 12.5 Å². The maximum absolute atomic E-state index is 12.3. The third kappa shape index (κ3) is 3.18. The Morgan fingerprint density at radius 2 is 2.41 bits per heavy atom. The van der Waals surface area contributed by atoms with Crippen LogP contribution in [0.2, 0.25) is 0 Å². The molecule has 0 bridgehead atoms. The van der Waals surface area contributed by atoms with Gasteiger partial charge in [0.15, 0.2) is 5.82 Å². The lowest BCUT2D eigenvalue weighted by molar-refractivity contribution is -0.130. The molecule has 2 aromatic heterocycles. The zero-order valence-electron chi connectivity index (χ0n) is 13.0. The second-order valence-corrected chi connectivity index (χ2v) is 6.04. The molecule has 0 radical (unpaired) electrons. The normalized spacial score (nSPS) is 18.3. The fraction of sp³-hybridized carbons (Fsp3) is 0.600. The van der Waals surface area contributed by atoms with Crippen molar-refractivity contribution < 1.29 is 9.32 Å². The molecular formula is C15H21N5O2. The maximum Gasteiger partial charge on any atom is 0.227 e. The smallest absolute Gasteiger partial charge is 0.227 e. The van der Waals surface area contributed by atoms with E-state index in [9.17, 15) is 4.79 Å². The molecule has 2 aromatic rings. The van der Waals surface area contributed by atoms with Crippen LogP contribution in [0.1, 0.15) is 55.9 Å². The minimum absolute atomic E-state index is 0.145. The van der Waals surface area contributed by atoms with Gasteiger partial charge in [-0.1, -0.05) is 19.0 Å². The Labute approximate surface area is 129 Å². The van der Waals surface area contributed by atoms with E-state index >= 15 is 0 Å². The lowest BCUT2D eigenvalue weighted by Gasteiger charge is -2.15. The number of aromatic nitrogens is 4. The number of hydrogen-bond acceptors (Lipinski definition) is 5. The van der Waals surface area contributed by atoms with E-state index in [2.05, 4.69) is 20.3 Å². The summed E-state index contributed by atoms with van der Waals surface area (Å²) in [6.45, 7) is 5.57. The molecule has 1 aliphatic rings. The molecule has 1 fully saturated rings. The van der Waals surface area contributed by atoms with E-state index in [1.54, 1.807) is 6.20 Å². The summed E-state index contributed by atoms with van der Waals surface area (Å²) in [4.78, 5) is 18.5. The summed E-state index contributed by atoms with van der Waals surface area (Å²) in [6, 6.07) is 1.98. The Morgan fingerprint density at radius 1 is 1.55 bits per heavy atom. The van der Waals surface area contributed by atoms with Crippen LogP contribution >= 0.6 is 0 Å². The highest BCUT2D eigenvalue weighted by atomic mass is 16.5. The van der Waals surface area contributed by atoms with Crippen LogP contribution in [0.25, 0.3) is 0 Å². The average molecular weight is 303 g/mol. The lowest BCUT2D eigenvalue weighted by Crippen LogP contribution is -2.28. The summed E-state index contributed by atoms with van der Waals surface area (Å²) in [6.07, 6.45) is 3.65. The average Bonchev–Trinajstić information content (AvgIpc) is 3.23. The highest BCUT2D eigenvalue weighted by molar-refractivity contribution is 5.76. The number of likely N-dealkylation sites (tertiary alicyclic amines) is 1. The standard InChI is InChI=1S/C15H21N5O2/c1-10(2)15-17-13(22-19-15)3-4-14(21)20-8-6-11(9-20)12-5-7-16-18-12/h5,7,10-11H,3-4,6,8-9H2,1-2H3,(H,16,18)/t11-/m0/s1. The molecule has 0 spiro atoms. The molecule has 3 rings (SSSR count). The third-order valence-corrected chi connectivity index (χ3v) is 4.06. The van der Waals surface area contributed by atoms with Gasteiger partial charge in [0.2, 0.25) is 11.8 Å². The van der Waals surface area contributed by atoms with Gasteiger partial charge in [-0.2, -0.15) is 10.1 Å². The first-order chi connectivity index (χ1) is 10.6. The number of aromatic amines is 1. The van der Waals surface area contributed by atoms with Crippen LogP contribution in [0, 0.1) is 0 Å². The number of nitrogens with zero attached hydrogens (tertiary/aromatic N) is 4. The van der Waals surface area contributed by atoms with Crippen molar-refractivity contribution in [2.45, 2.75) is 44.9 Å². The van der Waals surface area contributed by atoms with Crippen LogP contribution < -0.4 is 0 Å². The van der Waals surface area contributed by atoms with Crippen molar-refractivity contribution in [2.75, 3.05) is 13.1 Å². The van der Waals surface area contributed by atoms with Gasteiger partial charge < -0.3 is 9.42 Å². The van der Waals surface area contributed by atoms with E-state index < -0.39 is 0 Å². The second-order valence-electron chi connectivity index (χ2n) is 6.04.